The fraction of sp³-hybridized carbons (Fsp3) is 0.400. The molecule has 0 amide bonds. The first-order valence-electron chi connectivity index (χ1n) is 6.66. The van der Waals surface area contributed by atoms with E-state index in [1.165, 1.54) is 0 Å². The van der Waals surface area contributed by atoms with Crippen LogP contribution >= 0.6 is 0 Å². The number of hydrogen-bond acceptors (Lipinski definition) is 4. The molecule has 1 aliphatic rings. The van der Waals surface area contributed by atoms with Crippen LogP contribution in [0.15, 0.2) is 36.0 Å². The molecule has 0 unspecified atom stereocenters. The number of benzene rings is 1. The van der Waals surface area contributed by atoms with E-state index in [0.29, 0.717) is 11.5 Å². The number of hydrogen-bond donors (Lipinski definition) is 1. The molecule has 1 heterocycles. The Morgan fingerprint density at radius 3 is 2.90 bits per heavy atom. The Bertz CT molecular complexity index is 500. The molecule has 0 aromatic heterocycles. The van der Waals surface area contributed by atoms with Crippen molar-refractivity contribution in [3.63, 3.8) is 0 Å². The van der Waals surface area contributed by atoms with Gasteiger partial charge in [-0.15, -0.1) is 0 Å². The molecule has 5 heteroatoms. The zero-order valence-electron chi connectivity index (χ0n) is 12.0. The van der Waals surface area contributed by atoms with Gasteiger partial charge in [-0.3, -0.25) is 0 Å². The molecule has 2 N–H and O–H groups in total. The van der Waals surface area contributed by atoms with E-state index in [2.05, 4.69) is 17.1 Å². The number of ether oxygens (including phenoxy) is 2. The maximum Gasteiger partial charge on any atom is 0.181 e. The minimum absolute atomic E-state index is 0.123. The van der Waals surface area contributed by atoms with Crippen LogP contribution < -0.4 is 14.8 Å². The van der Waals surface area contributed by atoms with E-state index in [0.717, 1.165) is 30.8 Å². The minimum Gasteiger partial charge on any atom is -0.493 e. The Labute approximate surface area is 119 Å². The average molecular weight is 277 g/mol. The number of oxime groups is 1. The summed E-state index contributed by atoms with van der Waals surface area (Å²) in [5.74, 6) is 1.42. The van der Waals surface area contributed by atoms with Crippen LogP contribution in [0.25, 0.3) is 0 Å². The fourth-order valence-electron chi connectivity index (χ4n) is 2.14. The predicted molar refractivity (Wildman–Crippen MR) is 77.4 cm³/mol. The molecule has 0 saturated heterocycles. The second-order valence-electron chi connectivity index (χ2n) is 4.59. The van der Waals surface area contributed by atoms with E-state index in [1.807, 2.05) is 24.3 Å². The quantitative estimate of drug-likeness (QED) is 0.596. The predicted octanol–water partition coefficient (Wildman–Crippen LogP) is 0.946. The summed E-state index contributed by atoms with van der Waals surface area (Å²) >= 11 is 0. The lowest BCUT2D eigenvalue weighted by atomic mass is 10.0. The Morgan fingerprint density at radius 2 is 2.20 bits per heavy atom. The number of quaternary nitrogens is 1. The molecule has 108 valence electrons. The topological polar surface area (TPSA) is 56.7 Å². The summed E-state index contributed by atoms with van der Waals surface area (Å²) in [5.41, 5.74) is 1.96. The van der Waals surface area contributed by atoms with E-state index in [4.69, 9.17) is 14.3 Å². The maximum absolute atomic E-state index is 5.45. The van der Waals surface area contributed by atoms with E-state index in [9.17, 15) is 0 Å². The zero-order valence-corrected chi connectivity index (χ0v) is 12.0. The zero-order chi connectivity index (χ0) is 14.4. The number of methoxy groups -OCH3 is 2. The van der Waals surface area contributed by atoms with E-state index in [1.54, 1.807) is 14.2 Å². The lowest BCUT2D eigenvalue weighted by Gasteiger charge is -2.09. The second kappa shape index (κ2) is 6.96. The molecule has 1 aromatic rings. The van der Waals surface area contributed by atoms with Gasteiger partial charge in [-0.2, -0.15) is 0 Å². The van der Waals surface area contributed by atoms with Crippen molar-refractivity contribution in [2.75, 3.05) is 27.3 Å². The highest BCUT2D eigenvalue weighted by molar-refractivity contribution is 6.01. The molecule has 0 saturated carbocycles. The molecular weight excluding hydrogens is 256 g/mol. The summed E-state index contributed by atoms with van der Waals surface area (Å²) in [6.45, 7) is 5.47. The number of rotatable bonds is 7. The fourth-order valence-corrected chi connectivity index (χ4v) is 2.14. The first-order chi connectivity index (χ1) is 9.78. The van der Waals surface area contributed by atoms with Crippen LogP contribution in [0.3, 0.4) is 0 Å². The average Bonchev–Trinajstić information content (AvgIpc) is 2.95. The third-order valence-electron chi connectivity index (χ3n) is 3.21. The highest BCUT2D eigenvalue weighted by Gasteiger charge is 2.24. The van der Waals surface area contributed by atoms with Gasteiger partial charge in [-0.25, -0.2) is 0 Å². The third-order valence-corrected chi connectivity index (χ3v) is 3.21. The molecular formula is C15H21N2O3+. The molecule has 0 bridgehead atoms. The molecule has 0 radical (unpaired) electrons. The van der Waals surface area contributed by atoms with Gasteiger partial charge < -0.3 is 19.6 Å². The van der Waals surface area contributed by atoms with E-state index in [-0.39, 0.29) is 6.10 Å². The standard InChI is InChI=1S/C15H20N2O3/c1-4-7-16-10-12-9-13(17-20-12)11-5-6-14(18-2)15(8-11)19-3/h4-6,8,12,16H,1,7,9-10H2,2-3H3/p+1/t12-/m1/s1. The van der Waals surface area contributed by atoms with Crippen LogP contribution in [0.1, 0.15) is 12.0 Å². The van der Waals surface area contributed by atoms with Crippen LogP contribution in [0.5, 0.6) is 11.5 Å². The molecule has 5 nitrogen and oxygen atoms in total. The van der Waals surface area contributed by atoms with Gasteiger partial charge in [0.25, 0.3) is 0 Å². The molecule has 2 rings (SSSR count). The molecule has 0 spiro atoms. The summed E-state index contributed by atoms with van der Waals surface area (Å²) in [5, 5.41) is 6.33. The van der Waals surface area contributed by atoms with Gasteiger partial charge >= 0.3 is 0 Å². The number of nitrogens with zero attached hydrogens (tertiary/aromatic N) is 1. The summed E-state index contributed by atoms with van der Waals surface area (Å²) < 4.78 is 10.5. The monoisotopic (exact) mass is 277 g/mol. The van der Waals surface area contributed by atoms with Crippen LogP contribution in [-0.4, -0.2) is 39.1 Å². The second-order valence-corrected chi connectivity index (χ2v) is 4.59. The molecule has 0 aliphatic carbocycles. The smallest absolute Gasteiger partial charge is 0.181 e. The van der Waals surface area contributed by atoms with Gasteiger partial charge in [0.05, 0.1) is 26.5 Å². The van der Waals surface area contributed by atoms with Crippen molar-refractivity contribution >= 4 is 5.71 Å². The van der Waals surface area contributed by atoms with Crippen molar-refractivity contribution in [1.29, 1.82) is 0 Å². The van der Waals surface area contributed by atoms with E-state index < -0.39 is 0 Å². The van der Waals surface area contributed by atoms with Crippen molar-refractivity contribution in [1.82, 2.24) is 0 Å². The van der Waals surface area contributed by atoms with Crippen molar-refractivity contribution < 1.29 is 19.6 Å². The molecule has 0 fully saturated rings. The molecule has 1 aliphatic heterocycles. The van der Waals surface area contributed by atoms with E-state index >= 15 is 0 Å². The Kier molecular flexibility index (Phi) is 5.01. The van der Waals surface area contributed by atoms with Gasteiger partial charge in [0.1, 0.15) is 6.54 Å². The number of nitrogens with two attached hydrogens (primary N) is 1. The lowest BCUT2D eigenvalue weighted by molar-refractivity contribution is -0.652. The first-order valence-corrected chi connectivity index (χ1v) is 6.66. The normalized spacial score (nSPS) is 17.3. The van der Waals surface area contributed by atoms with Crippen LogP contribution in [0, 0.1) is 0 Å². The highest BCUT2D eigenvalue weighted by Crippen LogP contribution is 2.29. The first kappa shape index (κ1) is 14.4. The Morgan fingerprint density at radius 1 is 1.40 bits per heavy atom. The molecule has 20 heavy (non-hydrogen) atoms. The van der Waals surface area contributed by atoms with Crippen molar-refractivity contribution in [2.45, 2.75) is 12.5 Å². The van der Waals surface area contributed by atoms with Gasteiger partial charge in [-0.1, -0.05) is 11.7 Å². The summed E-state index contributed by atoms with van der Waals surface area (Å²) in [7, 11) is 3.25. The maximum atomic E-state index is 5.45. The lowest BCUT2D eigenvalue weighted by Crippen LogP contribution is -2.86. The molecule has 1 atom stereocenters. The summed E-state index contributed by atoms with van der Waals surface area (Å²) in [6, 6.07) is 5.78. The summed E-state index contributed by atoms with van der Waals surface area (Å²) in [6.07, 6.45) is 2.81. The SMILES string of the molecule is C=CC[NH2+]C[C@H]1CC(c2ccc(OC)c(OC)c2)=NO1. The van der Waals surface area contributed by atoms with Gasteiger partial charge in [0, 0.05) is 12.0 Å². The van der Waals surface area contributed by atoms with Crippen LogP contribution in [0.4, 0.5) is 0 Å². The minimum atomic E-state index is 0.123. The van der Waals surface area contributed by atoms with Gasteiger partial charge in [0.15, 0.2) is 17.6 Å². The Balaban J connectivity index is 2.01. The van der Waals surface area contributed by atoms with Crippen molar-refractivity contribution in [2.24, 2.45) is 5.16 Å². The van der Waals surface area contributed by atoms with Gasteiger partial charge in [0.2, 0.25) is 0 Å². The molecule has 1 aromatic carbocycles. The highest BCUT2D eigenvalue weighted by atomic mass is 16.6. The van der Waals surface area contributed by atoms with Crippen molar-refractivity contribution in [3.05, 3.63) is 36.4 Å². The van der Waals surface area contributed by atoms with Crippen LogP contribution in [-0.2, 0) is 4.84 Å². The van der Waals surface area contributed by atoms with Crippen LogP contribution in [0.2, 0.25) is 0 Å². The Hall–Kier alpha value is -2.01. The third kappa shape index (κ3) is 3.30. The van der Waals surface area contributed by atoms with Gasteiger partial charge in [-0.05, 0) is 24.3 Å². The summed E-state index contributed by atoms with van der Waals surface area (Å²) in [4.78, 5) is 5.45. The largest absolute Gasteiger partial charge is 0.493 e. The van der Waals surface area contributed by atoms with Crippen molar-refractivity contribution in [3.8, 4) is 11.5 Å².